The summed E-state index contributed by atoms with van der Waals surface area (Å²) in [7, 11) is 1.67. The van der Waals surface area contributed by atoms with E-state index in [-0.39, 0.29) is 10.8 Å². The highest BCUT2D eigenvalue weighted by Crippen LogP contribution is 2.05. The summed E-state index contributed by atoms with van der Waals surface area (Å²) >= 11 is 5.43. The highest BCUT2D eigenvalue weighted by molar-refractivity contribution is 6.30. The van der Waals surface area contributed by atoms with Crippen molar-refractivity contribution in [3.8, 4) is 5.75 Å². The van der Waals surface area contributed by atoms with Gasteiger partial charge >= 0.3 is 0 Å². The van der Waals surface area contributed by atoms with Crippen molar-refractivity contribution in [2.24, 2.45) is 7.05 Å². The second-order valence-corrected chi connectivity index (χ2v) is 2.39. The van der Waals surface area contributed by atoms with Crippen molar-refractivity contribution in [1.82, 2.24) is 4.57 Å². The summed E-state index contributed by atoms with van der Waals surface area (Å²) in [6.45, 7) is 0. The number of aromatic nitrogens is 1. The van der Waals surface area contributed by atoms with Gasteiger partial charge in [0.05, 0.1) is 0 Å². The molecule has 0 saturated carbocycles. The Morgan fingerprint density at radius 3 is 2.70 bits per heavy atom. The maximum Gasteiger partial charge on any atom is 0.241 e. The molecule has 1 N–H and O–H groups in total. The van der Waals surface area contributed by atoms with Crippen molar-refractivity contribution < 1.29 is 5.11 Å². The molecule has 1 rings (SSSR count). The van der Waals surface area contributed by atoms with Gasteiger partial charge in [0.2, 0.25) is 5.43 Å². The fourth-order valence-electron chi connectivity index (χ4n) is 0.649. The second kappa shape index (κ2) is 2.34. The van der Waals surface area contributed by atoms with Crippen LogP contribution in [0.25, 0.3) is 0 Å². The van der Waals surface area contributed by atoms with E-state index in [4.69, 9.17) is 16.7 Å². The number of rotatable bonds is 0. The zero-order valence-electron chi connectivity index (χ0n) is 5.34. The van der Waals surface area contributed by atoms with Crippen LogP contribution >= 0.6 is 11.6 Å². The molecule has 0 amide bonds. The van der Waals surface area contributed by atoms with Crippen LogP contribution in [0.4, 0.5) is 0 Å². The maximum absolute atomic E-state index is 10.7. The molecule has 0 bridgehead atoms. The van der Waals surface area contributed by atoms with Crippen molar-refractivity contribution in [3.05, 3.63) is 27.6 Å². The number of aryl methyl sites for hydroxylation is 1. The molecule has 0 aliphatic rings. The van der Waals surface area contributed by atoms with Crippen LogP contribution in [0.15, 0.2) is 17.2 Å². The molecular weight excluding hydrogens is 154 g/mol. The lowest BCUT2D eigenvalue weighted by atomic mass is 10.4. The number of hydrogen-bond acceptors (Lipinski definition) is 2. The van der Waals surface area contributed by atoms with Crippen LogP contribution in [-0.2, 0) is 7.05 Å². The average Bonchev–Trinajstić information content (AvgIpc) is 1.82. The lowest BCUT2D eigenvalue weighted by Gasteiger charge is -1.97. The van der Waals surface area contributed by atoms with E-state index in [1.54, 1.807) is 7.05 Å². The maximum atomic E-state index is 10.7. The number of hydrogen-bond donors (Lipinski definition) is 1. The van der Waals surface area contributed by atoms with E-state index in [9.17, 15) is 4.79 Å². The topological polar surface area (TPSA) is 42.2 Å². The number of halogens is 1. The Morgan fingerprint density at radius 1 is 1.60 bits per heavy atom. The van der Waals surface area contributed by atoms with Crippen molar-refractivity contribution in [2.45, 2.75) is 0 Å². The first-order valence-corrected chi connectivity index (χ1v) is 3.04. The van der Waals surface area contributed by atoms with Gasteiger partial charge in [0.25, 0.3) is 0 Å². The lowest BCUT2D eigenvalue weighted by molar-refractivity contribution is 0.463. The minimum atomic E-state index is -0.528. The zero-order chi connectivity index (χ0) is 7.72. The molecule has 0 spiro atoms. The standard InChI is InChI=1S/C6H6ClNO2/c1-8-2-4(7)6(10)5(9)3-8/h2-3,9H,1H3. The summed E-state index contributed by atoms with van der Waals surface area (Å²) in [5.41, 5.74) is -0.528. The quantitative estimate of drug-likeness (QED) is 0.607. The first-order valence-electron chi connectivity index (χ1n) is 2.66. The minimum Gasteiger partial charge on any atom is -0.503 e. The third-order valence-electron chi connectivity index (χ3n) is 1.09. The SMILES string of the molecule is Cn1cc(O)c(=O)c(Cl)c1. The van der Waals surface area contributed by atoms with Gasteiger partial charge in [0.15, 0.2) is 5.75 Å². The van der Waals surface area contributed by atoms with Gasteiger partial charge in [0, 0.05) is 19.4 Å². The molecule has 0 aromatic carbocycles. The fourth-order valence-corrected chi connectivity index (χ4v) is 0.899. The van der Waals surface area contributed by atoms with Crippen LogP contribution in [0.3, 0.4) is 0 Å². The molecule has 0 radical (unpaired) electrons. The Balaban J connectivity index is 3.46. The minimum absolute atomic E-state index is 0.0301. The van der Waals surface area contributed by atoms with E-state index >= 15 is 0 Å². The van der Waals surface area contributed by atoms with Crippen molar-refractivity contribution >= 4 is 11.6 Å². The number of aromatic hydroxyl groups is 1. The lowest BCUT2D eigenvalue weighted by Crippen LogP contribution is -2.04. The fraction of sp³-hybridized carbons (Fsp3) is 0.167. The molecule has 0 aliphatic carbocycles. The summed E-state index contributed by atoms with van der Waals surface area (Å²) in [5.74, 6) is -0.324. The van der Waals surface area contributed by atoms with Gasteiger partial charge in [-0.3, -0.25) is 4.79 Å². The van der Waals surface area contributed by atoms with Crippen molar-refractivity contribution in [1.29, 1.82) is 0 Å². The molecule has 54 valence electrons. The van der Waals surface area contributed by atoms with Gasteiger partial charge in [0.1, 0.15) is 5.02 Å². The molecule has 10 heavy (non-hydrogen) atoms. The molecule has 0 saturated heterocycles. The summed E-state index contributed by atoms with van der Waals surface area (Å²) in [5, 5.41) is 8.89. The first-order chi connectivity index (χ1) is 4.61. The first kappa shape index (κ1) is 7.15. The summed E-state index contributed by atoms with van der Waals surface area (Å²) < 4.78 is 1.51. The van der Waals surface area contributed by atoms with Crippen LogP contribution in [0.5, 0.6) is 5.75 Å². The summed E-state index contributed by atoms with van der Waals surface area (Å²) in [4.78, 5) is 10.7. The van der Waals surface area contributed by atoms with Crippen molar-refractivity contribution in [3.63, 3.8) is 0 Å². The highest BCUT2D eigenvalue weighted by atomic mass is 35.5. The summed E-state index contributed by atoms with van der Waals surface area (Å²) in [6.07, 6.45) is 2.73. The van der Waals surface area contributed by atoms with E-state index in [2.05, 4.69) is 0 Å². The molecular formula is C6H6ClNO2. The number of pyridine rings is 1. The van der Waals surface area contributed by atoms with E-state index in [1.807, 2.05) is 0 Å². The molecule has 4 heteroatoms. The Labute approximate surface area is 62.5 Å². The van der Waals surface area contributed by atoms with Gasteiger partial charge in [-0.15, -0.1) is 0 Å². The molecule has 1 aromatic rings. The van der Waals surface area contributed by atoms with Gasteiger partial charge in [-0.2, -0.15) is 0 Å². The Bertz CT molecular complexity index is 279. The van der Waals surface area contributed by atoms with Gasteiger partial charge < -0.3 is 9.67 Å². The average molecular weight is 160 g/mol. The molecule has 3 nitrogen and oxygen atoms in total. The highest BCUT2D eigenvalue weighted by Gasteiger charge is 2.00. The largest absolute Gasteiger partial charge is 0.503 e. The summed E-state index contributed by atoms with van der Waals surface area (Å²) in [6, 6.07) is 0. The van der Waals surface area contributed by atoms with Gasteiger partial charge in [-0.25, -0.2) is 0 Å². The van der Waals surface area contributed by atoms with Crippen LogP contribution in [-0.4, -0.2) is 9.67 Å². The van der Waals surface area contributed by atoms with Crippen molar-refractivity contribution in [2.75, 3.05) is 0 Å². The van der Waals surface area contributed by atoms with Crippen LogP contribution < -0.4 is 5.43 Å². The van der Waals surface area contributed by atoms with E-state index in [0.29, 0.717) is 0 Å². The van der Waals surface area contributed by atoms with Gasteiger partial charge in [-0.05, 0) is 0 Å². The zero-order valence-corrected chi connectivity index (χ0v) is 6.09. The molecule has 0 atom stereocenters. The molecule has 0 fully saturated rings. The Kier molecular flexibility index (Phi) is 1.68. The van der Waals surface area contributed by atoms with E-state index in [0.717, 1.165) is 0 Å². The predicted molar refractivity (Wildman–Crippen MR) is 38.4 cm³/mol. The Hall–Kier alpha value is -0.960. The molecule has 0 aliphatic heterocycles. The third kappa shape index (κ3) is 1.14. The molecule has 1 aromatic heterocycles. The van der Waals surface area contributed by atoms with Crippen LogP contribution in [0.1, 0.15) is 0 Å². The van der Waals surface area contributed by atoms with E-state index in [1.165, 1.54) is 17.0 Å². The van der Waals surface area contributed by atoms with Gasteiger partial charge in [-0.1, -0.05) is 11.6 Å². The van der Waals surface area contributed by atoms with Crippen LogP contribution in [0.2, 0.25) is 5.02 Å². The smallest absolute Gasteiger partial charge is 0.241 e. The molecule has 0 unspecified atom stereocenters. The van der Waals surface area contributed by atoms with E-state index < -0.39 is 5.43 Å². The third-order valence-corrected chi connectivity index (χ3v) is 1.36. The van der Waals surface area contributed by atoms with Crippen LogP contribution in [0, 0.1) is 0 Å². The second-order valence-electron chi connectivity index (χ2n) is 1.99. The number of nitrogens with zero attached hydrogens (tertiary/aromatic N) is 1. The predicted octanol–water partition coefficient (Wildman–Crippen LogP) is 0.744. The Morgan fingerprint density at radius 2 is 2.20 bits per heavy atom. The molecule has 1 heterocycles. The monoisotopic (exact) mass is 159 g/mol. The normalized spacial score (nSPS) is 9.80.